The fourth-order valence-corrected chi connectivity index (χ4v) is 2.41. The Kier molecular flexibility index (Phi) is 5.36. The Morgan fingerprint density at radius 1 is 1.04 bits per heavy atom. The van der Waals surface area contributed by atoms with Gasteiger partial charge in [0.2, 0.25) is 5.91 Å². The van der Waals surface area contributed by atoms with Gasteiger partial charge in [-0.2, -0.15) is 0 Å². The van der Waals surface area contributed by atoms with Crippen molar-refractivity contribution in [1.82, 2.24) is 4.90 Å². The minimum Gasteiger partial charge on any atom is -0.497 e. The van der Waals surface area contributed by atoms with Gasteiger partial charge < -0.3 is 18.5 Å². The molecule has 3 aromatic rings. The van der Waals surface area contributed by atoms with E-state index in [9.17, 15) is 4.79 Å². The molecule has 5 heteroatoms. The predicted octanol–water partition coefficient (Wildman–Crippen LogP) is 4.12. The van der Waals surface area contributed by atoms with Crippen LogP contribution in [0.15, 0.2) is 76.0 Å². The molecule has 128 valence electrons. The molecule has 1 aromatic carbocycles. The number of rotatable bonds is 7. The normalized spacial score (nSPS) is 10.9. The van der Waals surface area contributed by atoms with E-state index in [1.54, 1.807) is 48.8 Å². The molecule has 0 aliphatic carbocycles. The molecule has 2 aromatic heterocycles. The average Bonchev–Trinajstić information content (AvgIpc) is 3.33. The van der Waals surface area contributed by atoms with Crippen LogP contribution in [0.2, 0.25) is 0 Å². The monoisotopic (exact) mass is 337 g/mol. The highest BCUT2D eigenvalue weighted by molar-refractivity contribution is 5.91. The molecule has 1 amide bonds. The van der Waals surface area contributed by atoms with E-state index in [0.717, 1.165) is 22.8 Å². The van der Waals surface area contributed by atoms with Gasteiger partial charge in [0.15, 0.2) is 0 Å². The number of furan rings is 2. The second kappa shape index (κ2) is 8.06. The van der Waals surface area contributed by atoms with Crippen LogP contribution in [0, 0.1) is 0 Å². The summed E-state index contributed by atoms with van der Waals surface area (Å²) in [7, 11) is 1.61. The van der Waals surface area contributed by atoms with Crippen molar-refractivity contribution >= 4 is 12.0 Å². The molecule has 2 heterocycles. The molecule has 0 atom stereocenters. The maximum Gasteiger partial charge on any atom is 0.247 e. The van der Waals surface area contributed by atoms with Crippen molar-refractivity contribution in [2.24, 2.45) is 0 Å². The molecular weight excluding hydrogens is 318 g/mol. The third-order valence-corrected chi connectivity index (χ3v) is 3.68. The lowest BCUT2D eigenvalue weighted by atomic mass is 10.2. The zero-order valence-corrected chi connectivity index (χ0v) is 13.9. The number of carbonyl (C=O) groups is 1. The number of amides is 1. The summed E-state index contributed by atoms with van der Waals surface area (Å²) in [6.07, 6.45) is 6.50. The van der Waals surface area contributed by atoms with Gasteiger partial charge in [0.25, 0.3) is 0 Å². The van der Waals surface area contributed by atoms with Crippen LogP contribution in [0.3, 0.4) is 0 Å². The Bertz CT molecular complexity index is 783. The molecule has 0 fully saturated rings. The van der Waals surface area contributed by atoms with Gasteiger partial charge in [-0.25, -0.2) is 0 Å². The van der Waals surface area contributed by atoms with E-state index in [1.165, 1.54) is 0 Å². The van der Waals surface area contributed by atoms with Crippen LogP contribution in [0.5, 0.6) is 5.75 Å². The first-order chi connectivity index (χ1) is 12.2. The van der Waals surface area contributed by atoms with Gasteiger partial charge in [0, 0.05) is 6.08 Å². The van der Waals surface area contributed by atoms with Crippen LogP contribution in [0.25, 0.3) is 6.08 Å². The van der Waals surface area contributed by atoms with Gasteiger partial charge in [-0.3, -0.25) is 4.79 Å². The van der Waals surface area contributed by atoms with Crippen molar-refractivity contribution in [1.29, 1.82) is 0 Å². The molecule has 0 aliphatic rings. The van der Waals surface area contributed by atoms with E-state index in [-0.39, 0.29) is 5.91 Å². The molecule has 0 aliphatic heterocycles. The van der Waals surface area contributed by atoms with E-state index in [1.807, 2.05) is 36.4 Å². The first kappa shape index (κ1) is 16.6. The Morgan fingerprint density at radius 2 is 1.72 bits per heavy atom. The Hall–Kier alpha value is -3.21. The number of methoxy groups -OCH3 is 1. The maximum absolute atomic E-state index is 12.6. The Balaban J connectivity index is 1.74. The minimum absolute atomic E-state index is 0.129. The average molecular weight is 337 g/mol. The van der Waals surface area contributed by atoms with Gasteiger partial charge in [-0.05, 0) is 48.0 Å². The van der Waals surface area contributed by atoms with Gasteiger partial charge in [0.05, 0.1) is 32.7 Å². The summed E-state index contributed by atoms with van der Waals surface area (Å²) in [5, 5.41) is 0. The zero-order valence-electron chi connectivity index (χ0n) is 13.9. The van der Waals surface area contributed by atoms with Crippen molar-refractivity contribution in [2.75, 3.05) is 7.11 Å². The molecule has 0 saturated heterocycles. The molecule has 0 N–H and O–H groups in total. The highest BCUT2D eigenvalue weighted by Crippen LogP contribution is 2.15. The summed E-state index contributed by atoms with van der Waals surface area (Å²) >= 11 is 0. The van der Waals surface area contributed by atoms with Crippen molar-refractivity contribution in [3.05, 3.63) is 84.2 Å². The van der Waals surface area contributed by atoms with Crippen LogP contribution in [0.1, 0.15) is 17.1 Å². The van der Waals surface area contributed by atoms with Crippen LogP contribution < -0.4 is 4.74 Å². The molecule has 5 nitrogen and oxygen atoms in total. The SMILES string of the molecule is COc1cccc(/C=C/C(=O)N(Cc2ccco2)Cc2ccco2)c1. The van der Waals surface area contributed by atoms with Crippen molar-refractivity contribution in [3.8, 4) is 5.75 Å². The fourth-order valence-electron chi connectivity index (χ4n) is 2.41. The first-order valence-corrected chi connectivity index (χ1v) is 7.90. The van der Waals surface area contributed by atoms with Gasteiger partial charge in [-0.15, -0.1) is 0 Å². The number of nitrogens with zero attached hydrogens (tertiary/aromatic N) is 1. The van der Waals surface area contributed by atoms with Gasteiger partial charge in [-0.1, -0.05) is 12.1 Å². The number of ether oxygens (including phenoxy) is 1. The van der Waals surface area contributed by atoms with Crippen LogP contribution in [0.4, 0.5) is 0 Å². The smallest absolute Gasteiger partial charge is 0.247 e. The van der Waals surface area contributed by atoms with Crippen molar-refractivity contribution in [3.63, 3.8) is 0 Å². The summed E-state index contributed by atoms with van der Waals surface area (Å²) < 4.78 is 15.9. The number of hydrogen-bond acceptors (Lipinski definition) is 4. The van der Waals surface area contributed by atoms with Crippen molar-refractivity contribution < 1.29 is 18.4 Å². The molecule has 0 radical (unpaired) electrons. The van der Waals surface area contributed by atoms with Crippen molar-refractivity contribution in [2.45, 2.75) is 13.1 Å². The summed E-state index contributed by atoms with van der Waals surface area (Å²) in [5.41, 5.74) is 0.892. The Labute approximate surface area is 146 Å². The molecule has 0 saturated carbocycles. The second-order valence-corrected chi connectivity index (χ2v) is 5.46. The molecule has 25 heavy (non-hydrogen) atoms. The summed E-state index contributed by atoms with van der Waals surface area (Å²) in [5.74, 6) is 2.05. The fraction of sp³-hybridized carbons (Fsp3) is 0.150. The number of carbonyl (C=O) groups excluding carboxylic acids is 1. The number of benzene rings is 1. The van der Waals surface area contributed by atoms with E-state index < -0.39 is 0 Å². The standard InChI is InChI=1S/C20H19NO4/c1-23-17-6-2-5-16(13-17)9-10-20(22)21(14-18-7-3-11-24-18)15-19-8-4-12-25-19/h2-13H,14-15H2,1H3/b10-9+. The van der Waals surface area contributed by atoms with E-state index >= 15 is 0 Å². The van der Waals surface area contributed by atoms with Crippen LogP contribution >= 0.6 is 0 Å². The first-order valence-electron chi connectivity index (χ1n) is 7.90. The predicted molar refractivity (Wildman–Crippen MR) is 93.7 cm³/mol. The maximum atomic E-state index is 12.6. The quantitative estimate of drug-likeness (QED) is 0.609. The zero-order chi connectivity index (χ0) is 17.5. The van der Waals surface area contributed by atoms with E-state index in [2.05, 4.69) is 0 Å². The molecule has 3 rings (SSSR count). The Morgan fingerprint density at radius 3 is 2.28 bits per heavy atom. The summed E-state index contributed by atoms with van der Waals surface area (Å²) in [6.45, 7) is 0.740. The lowest BCUT2D eigenvalue weighted by Crippen LogP contribution is -2.28. The molecule has 0 unspecified atom stereocenters. The number of hydrogen-bond donors (Lipinski definition) is 0. The summed E-state index contributed by atoms with van der Waals surface area (Å²) in [4.78, 5) is 14.3. The molecule has 0 spiro atoms. The highest BCUT2D eigenvalue weighted by Gasteiger charge is 2.15. The van der Waals surface area contributed by atoms with Crippen LogP contribution in [-0.4, -0.2) is 17.9 Å². The highest BCUT2D eigenvalue weighted by atomic mass is 16.5. The second-order valence-electron chi connectivity index (χ2n) is 5.46. The molecular formula is C20H19NO4. The summed E-state index contributed by atoms with van der Waals surface area (Å²) in [6, 6.07) is 14.8. The molecule has 0 bridgehead atoms. The van der Waals surface area contributed by atoms with Crippen LogP contribution in [-0.2, 0) is 17.9 Å². The van der Waals surface area contributed by atoms with E-state index in [0.29, 0.717) is 13.1 Å². The van der Waals surface area contributed by atoms with Gasteiger partial charge in [0.1, 0.15) is 17.3 Å². The third-order valence-electron chi connectivity index (χ3n) is 3.68. The van der Waals surface area contributed by atoms with E-state index in [4.69, 9.17) is 13.6 Å². The topological polar surface area (TPSA) is 55.8 Å². The minimum atomic E-state index is -0.129. The lowest BCUT2D eigenvalue weighted by Gasteiger charge is -2.18. The lowest BCUT2D eigenvalue weighted by molar-refractivity contribution is -0.127. The van der Waals surface area contributed by atoms with Gasteiger partial charge >= 0.3 is 0 Å². The largest absolute Gasteiger partial charge is 0.497 e. The third kappa shape index (κ3) is 4.64.